The number of amides is 1. The summed E-state index contributed by atoms with van der Waals surface area (Å²) < 4.78 is 43.3. The number of benzene rings is 1. The van der Waals surface area contributed by atoms with Gasteiger partial charge in [0.25, 0.3) is 5.91 Å². The van der Waals surface area contributed by atoms with Crippen molar-refractivity contribution in [1.82, 2.24) is 5.16 Å². The number of anilines is 2. The van der Waals surface area contributed by atoms with Crippen LogP contribution in [-0.4, -0.2) is 11.1 Å². The maximum absolute atomic E-state index is 12.9. The zero-order valence-corrected chi connectivity index (χ0v) is 10.8. The van der Waals surface area contributed by atoms with E-state index in [1.54, 1.807) is 6.92 Å². The van der Waals surface area contributed by atoms with Crippen LogP contribution < -0.4 is 16.6 Å². The summed E-state index contributed by atoms with van der Waals surface area (Å²) in [6.45, 7) is 1.64. The first kappa shape index (κ1) is 14.9. The van der Waals surface area contributed by atoms with Crippen LogP contribution >= 0.6 is 0 Å². The van der Waals surface area contributed by atoms with Crippen molar-refractivity contribution < 1.29 is 22.5 Å². The molecular weight excluding hydrogens is 289 g/mol. The second kappa shape index (κ2) is 5.44. The third-order valence-electron chi connectivity index (χ3n) is 2.61. The summed E-state index contributed by atoms with van der Waals surface area (Å²) in [4.78, 5) is 11.9. The van der Waals surface area contributed by atoms with Crippen LogP contribution in [0.1, 0.15) is 21.6 Å². The number of nitrogen functional groups attached to an aromatic ring is 1. The number of halogens is 3. The lowest BCUT2D eigenvalue weighted by molar-refractivity contribution is -0.137. The van der Waals surface area contributed by atoms with Crippen LogP contribution in [0.4, 0.5) is 24.7 Å². The average molecular weight is 300 g/mol. The van der Waals surface area contributed by atoms with Crippen LogP contribution in [0, 0.1) is 6.92 Å². The van der Waals surface area contributed by atoms with Gasteiger partial charge in [0.2, 0.25) is 5.88 Å². The molecule has 2 rings (SSSR count). The molecule has 0 bridgehead atoms. The fourth-order valence-corrected chi connectivity index (χ4v) is 1.65. The Hall–Kier alpha value is -2.55. The van der Waals surface area contributed by atoms with Crippen LogP contribution in [0.15, 0.2) is 28.8 Å². The van der Waals surface area contributed by atoms with Crippen molar-refractivity contribution in [3.05, 3.63) is 41.1 Å². The number of alkyl halides is 3. The van der Waals surface area contributed by atoms with Crippen molar-refractivity contribution in [3.8, 4) is 0 Å². The van der Waals surface area contributed by atoms with E-state index in [2.05, 4.69) is 10.5 Å². The molecule has 2 aromatic rings. The molecule has 9 heteroatoms. The molecule has 0 unspecified atom stereocenters. The molecule has 21 heavy (non-hydrogen) atoms. The van der Waals surface area contributed by atoms with Gasteiger partial charge in [0.05, 0.1) is 16.9 Å². The van der Waals surface area contributed by atoms with Crippen molar-refractivity contribution in [2.24, 2.45) is 5.84 Å². The number of aromatic nitrogens is 1. The Morgan fingerprint density at radius 1 is 1.33 bits per heavy atom. The smallest absolute Gasteiger partial charge is 0.338 e. The first-order chi connectivity index (χ1) is 9.81. The van der Waals surface area contributed by atoms with Gasteiger partial charge in [-0.3, -0.25) is 16.0 Å². The van der Waals surface area contributed by atoms with E-state index in [1.165, 1.54) is 12.1 Å². The Kier molecular flexibility index (Phi) is 3.85. The number of hydrogen-bond donors (Lipinski definition) is 3. The van der Waals surface area contributed by atoms with Gasteiger partial charge in [0.15, 0.2) is 0 Å². The van der Waals surface area contributed by atoms with Crippen molar-refractivity contribution in [2.75, 3.05) is 10.7 Å². The quantitative estimate of drug-likeness (QED) is 0.598. The maximum atomic E-state index is 12.9. The fraction of sp³-hybridized carbons (Fsp3) is 0.167. The molecule has 0 saturated carbocycles. The van der Waals surface area contributed by atoms with E-state index in [0.717, 1.165) is 6.07 Å². The summed E-state index contributed by atoms with van der Waals surface area (Å²) in [6.07, 6.45) is -4.64. The third kappa shape index (κ3) is 3.31. The Labute approximate surface area is 117 Å². The van der Waals surface area contributed by atoms with E-state index in [9.17, 15) is 18.0 Å². The van der Waals surface area contributed by atoms with Crippen molar-refractivity contribution >= 4 is 17.5 Å². The van der Waals surface area contributed by atoms with Gasteiger partial charge >= 0.3 is 6.18 Å². The van der Waals surface area contributed by atoms with E-state index in [4.69, 9.17) is 10.4 Å². The molecule has 0 aliphatic heterocycles. The summed E-state index contributed by atoms with van der Waals surface area (Å²) in [5.74, 6) is 4.32. The highest BCUT2D eigenvalue weighted by Gasteiger charge is 2.34. The molecule has 1 aromatic carbocycles. The Morgan fingerprint density at radius 2 is 2.05 bits per heavy atom. The van der Waals surface area contributed by atoms with Crippen molar-refractivity contribution in [2.45, 2.75) is 13.1 Å². The van der Waals surface area contributed by atoms with Gasteiger partial charge < -0.3 is 9.95 Å². The predicted molar refractivity (Wildman–Crippen MR) is 68.4 cm³/mol. The number of nitrogens with zero attached hydrogens (tertiary/aromatic N) is 1. The number of carbonyl (C=O) groups excluding carboxylic acids is 1. The van der Waals surface area contributed by atoms with E-state index >= 15 is 0 Å². The molecule has 0 radical (unpaired) electrons. The largest absolute Gasteiger partial charge is 0.418 e. The predicted octanol–water partition coefficient (Wildman–Crippen LogP) is 2.54. The number of nitrogens with one attached hydrogen (secondary N) is 2. The zero-order chi connectivity index (χ0) is 15.6. The summed E-state index contributed by atoms with van der Waals surface area (Å²) in [5.41, 5.74) is 0.927. The number of hydrogen-bond acceptors (Lipinski definition) is 5. The molecule has 1 aromatic heterocycles. The molecule has 0 aliphatic rings. The summed E-state index contributed by atoms with van der Waals surface area (Å²) >= 11 is 0. The number of nitrogens with two attached hydrogens (primary N) is 1. The van der Waals surface area contributed by atoms with Crippen molar-refractivity contribution in [3.63, 3.8) is 0 Å². The molecule has 0 fully saturated rings. The topological polar surface area (TPSA) is 93.2 Å². The van der Waals surface area contributed by atoms with E-state index in [0.29, 0.717) is 11.8 Å². The lowest BCUT2D eigenvalue weighted by Gasteiger charge is -2.13. The highest BCUT2D eigenvalue weighted by atomic mass is 19.4. The van der Waals surface area contributed by atoms with Gasteiger partial charge in [0, 0.05) is 11.6 Å². The van der Waals surface area contributed by atoms with Crippen LogP contribution in [-0.2, 0) is 6.18 Å². The second-order valence-corrected chi connectivity index (χ2v) is 4.19. The minimum atomic E-state index is -4.64. The Bertz CT molecular complexity index is 667. The van der Waals surface area contributed by atoms with Gasteiger partial charge in [-0.15, -0.1) is 0 Å². The van der Waals surface area contributed by atoms with Gasteiger partial charge in [-0.1, -0.05) is 5.16 Å². The van der Waals surface area contributed by atoms with Crippen LogP contribution in [0.2, 0.25) is 0 Å². The molecule has 1 amide bonds. The molecule has 6 nitrogen and oxygen atoms in total. The lowest BCUT2D eigenvalue weighted by Crippen LogP contribution is -2.17. The summed E-state index contributed by atoms with van der Waals surface area (Å²) in [7, 11) is 0. The first-order valence-corrected chi connectivity index (χ1v) is 5.74. The monoisotopic (exact) mass is 300 g/mol. The molecule has 0 spiro atoms. The van der Waals surface area contributed by atoms with Gasteiger partial charge in [-0.25, -0.2) is 0 Å². The molecular formula is C12H11F3N4O2. The molecule has 0 saturated heterocycles. The van der Waals surface area contributed by atoms with Gasteiger partial charge in [-0.2, -0.15) is 13.2 Å². The molecule has 112 valence electrons. The van der Waals surface area contributed by atoms with Gasteiger partial charge in [0.1, 0.15) is 0 Å². The SMILES string of the molecule is Cc1cc(NC(=O)c2ccc(NN)c(C(F)(F)F)c2)on1. The highest BCUT2D eigenvalue weighted by molar-refractivity contribution is 6.04. The molecule has 0 aliphatic carbocycles. The maximum Gasteiger partial charge on any atom is 0.418 e. The highest BCUT2D eigenvalue weighted by Crippen LogP contribution is 2.35. The van der Waals surface area contributed by atoms with Crippen LogP contribution in [0.3, 0.4) is 0 Å². The standard InChI is InChI=1S/C12H11F3N4O2/c1-6-4-10(21-19-6)17-11(20)7-2-3-9(18-16)8(5-7)12(13,14)15/h2-5,18H,16H2,1H3,(H,17,20). The lowest BCUT2D eigenvalue weighted by atomic mass is 10.1. The minimum Gasteiger partial charge on any atom is -0.338 e. The van der Waals surface area contributed by atoms with E-state index < -0.39 is 17.6 Å². The molecule has 1 heterocycles. The van der Waals surface area contributed by atoms with Gasteiger partial charge in [-0.05, 0) is 25.1 Å². The van der Waals surface area contributed by atoms with Crippen molar-refractivity contribution in [1.29, 1.82) is 0 Å². The fourth-order valence-electron chi connectivity index (χ4n) is 1.65. The Balaban J connectivity index is 2.29. The van der Waals surface area contributed by atoms with Crippen LogP contribution in [0.5, 0.6) is 0 Å². The third-order valence-corrected chi connectivity index (χ3v) is 2.61. The number of hydrazine groups is 1. The van der Waals surface area contributed by atoms with Crippen LogP contribution in [0.25, 0.3) is 0 Å². The number of rotatable bonds is 3. The molecule has 0 atom stereocenters. The van der Waals surface area contributed by atoms with E-state index in [1.807, 2.05) is 5.43 Å². The Morgan fingerprint density at radius 3 is 2.57 bits per heavy atom. The second-order valence-electron chi connectivity index (χ2n) is 4.19. The summed E-state index contributed by atoms with van der Waals surface area (Å²) in [5, 5.41) is 5.86. The summed E-state index contributed by atoms with van der Waals surface area (Å²) in [6, 6.07) is 4.43. The number of carbonyl (C=O) groups is 1. The molecule has 4 N–H and O–H groups in total. The minimum absolute atomic E-state index is 0.0482. The first-order valence-electron chi connectivity index (χ1n) is 5.74. The van der Waals surface area contributed by atoms with E-state index in [-0.39, 0.29) is 17.1 Å². The number of aryl methyl sites for hydroxylation is 1. The normalized spacial score (nSPS) is 11.3. The zero-order valence-electron chi connectivity index (χ0n) is 10.8. The average Bonchev–Trinajstić information content (AvgIpc) is 2.82.